The highest BCUT2D eigenvalue weighted by Crippen LogP contribution is 2.18. The van der Waals surface area contributed by atoms with Gasteiger partial charge in [-0.15, -0.1) is 0 Å². The second kappa shape index (κ2) is 7.53. The van der Waals surface area contributed by atoms with Crippen molar-refractivity contribution < 1.29 is 23.1 Å². The number of hydrogen-bond acceptors (Lipinski definition) is 2. The number of halogens is 3. The molecule has 6 heteroatoms. The predicted molar refractivity (Wildman–Crippen MR) is 58.4 cm³/mol. The molecule has 0 spiro atoms. The lowest BCUT2D eigenvalue weighted by Crippen LogP contribution is -2.41. The molecule has 0 aliphatic rings. The smallest absolute Gasteiger partial charge is 0.396 e. The van der Waals surface area contributed by atoms with E-state index in [1.165, 1.54) is 0 Å². The van der Waals surface area contributed by atoms with Gasteiger partial charge in [0, 0.05) is 19.6 Å². The van der Waals surface area contributed by atoms with Gasteiger partial charge in [-0.1, -0.05) is 13.8 Å². The summed E-state index contributed by atoms with van der Waals surface area (Å²) >= 11 is 0. The third-order valence-corrected chi connectivity index (χ3v) is 2.11. The van der Waals surface area contributed by atoms with Crippen molar-refractivity contribution in [2.24, 2.45) is 5.92 Å². The van der Waals surface area contributed by atoms with E-state index in [0.717, 1.165) is 4.90 Å². The number of nitrogens with zero attached hydrogens (tertiary/aromatic N) is 1. The number of unbranched alkanes of at least 4 members (excludes halogenated alkanes) is 1. The number of amides is 1. The molecule has 0 saturated carbocycles. The quantitative estimate of drug-likeness (QED) is 0.708. The van der Waals surface area contributed by atoms with Gasteiger partial charge in [0.2, 0.25) is 5.91 Å². The van der Waals surface area contributed by atoms with Crippen LogP contribution in [0.5, 0.6) is 0 Å². The Morgan fingerprint density at radius 2 is 1.88 bits per heavy atom. The Labute approximate surface area is 99.6 Å². The number of rotatable bonds is 7. The maximum Gasteiger partial charge on any atom is 0.406 e. The molecular formula is C11H20F3NO2. The summed E-state index contributed by atoms with van der Waals surface area (Å²) in [5.74, 6) is -0.497. The SMILES string of the molecule is CC(C)CN(CC(F)(F)F)C(=O)CCCCO. The molecule has 102 valence electrons. The zero-order valence-corrected chi connectivity index (χ0v) is 10.3. The second-order valence-corrected chi connectivity index (χ2v) is 4.46. The Balaban J connectivity index is 4.30. The largest absolute Gasteiger partial charge is 0.406 e. The Morgan fingerprint density at radius 1 is 1.29 bits per heavy atom. The van der Waals surface area contributed by atoms with Gasteiger partial charge in [0.15, 0.2) is 0 Å². The summed E-state index contributed by atoms with van der Waals surface area (Å²) < 4.78 is 36.8. The van der Waals surface area contributed by atoms with E-state index in [0.29, 0.717) is 12.8 Å². The van der Waals surface area contributed by atoms with Crippen molar-refractivity contribution in [1.29, 1.82) is 0 Å². The van der Waals surface area contributed by atoms with Crippen molar-refractivity contribution in [3.05, 3.63) is 0 Å². The van der Waals surface area contributed by atoms with Gasteiger partial charge in [-0.2, -0.15) is 13.2 Å². The zero-order chi connectivity index (χ0) is 13.5. The number of carbonyl (C=O) groups excluding carboxylic acids is 1. The van der Waals surface area contributed by atoms with E-state index in [-0.39, 0.29) is 25.5 Å². The Morgan fingerprint density at radius 3 is 2.29 bits per heavy atom. The number of aliphatic hydroxyl groups is 1. The minimum absolute atomic E-state index is 0.000795. The van der Waals surface area contributed by atoms with Gasteiger partial charge in [0.05, 0.1) is 0 Å². The van der Waals surface area contributed by atoms with E-state index in [9.17, 15) is 18.0 Å². The van der Waals surface area contributed by atoms with Crippen LogP contribution in [0.15, 0.2) is 0 Å². The van der Waals surface area contributed by atoms with E-state index < -0.39 is 18.6 Å². The number of alkyl halides is 3. The summed E-state index contributed by atoms with van der Waals surface area (Å²) in [6.07, 6.45) is -3.44. The molecule has 0 saturated heterocycles. The summed E-state index contributed by atoms with van der Waals surface area (Å²) in [5, 5.41) is 8.54. The first-order chi connectivity index (χ1) is 7.76. The minimum atomic E-state index is -4.36. The van der Waals surface area contributed by atoms with Gasteiger partial charge in [-0.3, -0.25) is 4.79 Å². The number of hydrogen-bond donors (Lipinski definition) is 1. The maximum atomic E-state index is 12.3. The lowest BCUT2D eigenvalue weighted by molar-refractivity contribution is -0.162. The van der Waals surface area contributed by atoms with Crippen LogP contribution in [0.1, 0.15) is 33.1 Å². The van der Waals surface area contributed by atoms with Crippen LogP contribution in [0.2, 0.25) is 0 Å². The first kappa shape index (κ1) is 16.2. The molecule has 1 amide bonds. The van der Waals surface area contributed by atoms with Crippen LogP contribution in [-0.2, 0) is 4.79 Å². The maximum absolute atomic E-state index is 12.3. The fourth-order valence-electron chi connectivity index (χ4n) is 1.46. The number of carbonyl (C=O) groups is 1. The molecule has 0 unspecified atom stereocenters. The van der Waals surface area contributed by atoms with Crippen LogP contribution < -0.4 is 0 Å². The third kappa shape index (κ3) is 8.97. The van der Waals surface area contributed by atoms with Gasteiger partial charge in [0.25, 0.3) is 0 Å². The summed E-state index contributed by atoms with van der Waals surface area (Å²) in [7, 11) is 0. The summed E-state index contributed by atoms with van der Waals surface area (Å²) in [5.41, 5.74) is 0. The molecule has 0 aliphatic heterocycles. The molecule has 0 aromatic heterocycles. The van der Waals surface area contributed by atoms with Gasteiger partial charge < -0.3 is 10.0 Å². The first-order valence-electron chi connectivity index (χ1n) is 5.71. The van der Waals surface area contributed by atoms with Crippen molar-refractivity contribution in [1.82, 2.24) is 4.90 Å². The molecule has 0 aliphatic carbocycles. The molecule has 1 N–H and O–H groups in total. The molecule has 0 radical (unpaired) electrons. The molecule has 0 rings (SSSR count). The van der Waals surface area contributed by atoms with Crippen LogP contribution >= 0.6 is 0 Å². The third-order valence-electron chi connectivity index (χ3n) is 2.11. The fraction of sp³-hybridized carbons (Fsp3) is 0.909. The van der Waals surface area contributed by atoms with E-state index in [4.69, 9.17) is 5.11 Å². The number of aliphatic hydroxyl groups excluding tert-OH is 1. The normalized spacial score (nSPS) is 11.9. The van der Waals surface area contributed by atoms with Crippen molar-refractivity contribution in [3.63, 3.8) is 0 Å². The molecular weight excluding hydrogens is 235 g/mol. The van der Waals surface area contributed by atoms with Crippen molar-refractivity contribution in [2.75, 3.05) is 19.7 Å². The topological polar surface area (TPSA) is 40.5 Å². The Hall–Kier alpha value is -0.780. The highest BCUT2D eigenvalue weighted by atomic mass is 19.4. The average Bonchev–Trinajstić information content (AvgIpc) is 2.14. The van der Waals surface area contributed by atoms with E-state index in [1.54, 1.807) is 13.8 Å². The molecule has 17 heavy (non-hydrogen) atoms. The molecule has 0 fully saturated rings. The standard InChI is InChI=1S/C11H20F3NO2/c1-9(2)7-15(8-11(12,13)14)10(17)5-3-4-6-16/h9,16H,3-8H2,1-2H3. The summed E-state index contributed by atoms with van der Waals surface area (Å²) in [4.78, 5) is 12.4. The lowest BCUT2D eigenvalue weighted by atomic mass is 10.1. The van der Waals surface area contributed by atoms with E-state index >= 15 is 0 Å². The van der Waals surface area contributed by atoms with Crippen LogP contribution in [0.3, 0.4) is 0 Å². The fourth-order valence-corrected chi connectivity index (χ4v) is 1.46. The second-order valence-electron chi connectivity index (χ2n) is 4.46. The van der Waals surface area contributed by atoms with Crippen LogP contribution in [0.25, 0.3) is 0 Å². The van der Waals surface area contributed by atoms with Gasteiger partial charge in [0.1, 0.15) is 6.54 Å². The molecule has 0 heterocycles. The Bertz CT molecular complexity index is 229. The van der Waals surface area contributed by atoms with E-state index in [2.05, 4.69) is 0 Å². The Kier molecular flexibility index (Phi) is 7.18. The highest BCUT2D eigenvalue weighted by Gasteiger charge is 2.32. The highest BCUT2D eigenvalue weighted by molar-refractivity contribution is 5.76. The molecule has 0 aromatic carbocycles. The van der Waals surface area contributed by atoms with Crippen molar-refractivity contribution in [2.45, 2.75) is 39.3 Å². The monoisotopic (exact) mass is 255 g/mol. The molecule has 0 bridgehead atoms. The molecule has 0 aromatic rings. The van der Waals surface area contributed by atoms with Crippen molar-refractivity contribution >= 4 is 5.91 Å². The molecule has 0 atom stereocenters. The van der Waals surface area contributed by atoms with Crippen LogP contribution in [0, 0.1) is 5.92 Å². The zero-order valence-electron chi connectivity index (χ0n) is 10.3. The van der Waals surface area contributed by atoms with Crippen LogP contribution in [-0.4, -0.2) is 41.8 Å². The summed E-state index contributed by atoms with van der Waals surface area (Å²) in [6, 6.07) is 0. The van der Waals surface area contributed by atoms with Crippen LogP contribution in [0.4, 0.5) is 13.2 Å². The van der Waals surface area contributed by atoms with Gasteiger partial charge in [-0.05, 0) is 18.8 Å². The van der Waals surface area contributed by atoms with E-state index in [1.807, 2.05) is 0 Å². The lowest BCUT2D eigenvalue weighted by Gasteiger charge is -2.25. The first-order valence-corrected chi connectivity index (χ1v) is 5.71. The van der Waals surface area contributed by atoms with Crippen molar-refractivity contribution in [3.8, 4) is 0 Å². The van der Waals surface area contributed by atoms with Gasteiger partial charge >= 0.3 is 6.18 Å². The predicted octanol–water partition coefficient (Wildman–Crippen LogP) is 2.20. The van der Waals surface area contributed by atoms with Gasteiger partial charge in [-0.25, -0.2) is 0 Å². The summed E-state index contributed by atoms with van der Waals surface area (Å²) in [6.45, 7) is 2.41. The average molecular weight is 255 g/mol. The minimum Gasteiger partial charge on any atom is -0.396 e. The molecule has 3 nitrogen and oxygen atoms in total.